The number of carbonyl (C=O) groups is 1. The molecule has 0 spiro atoms. The maximum absolute atomic E-state index is 13.9. The summed E-state index contributed by atoms with van der Waals surface area (Å²) in [6.45, 7) is -0.105. The number of para-hydroxylation sites is 1. The van der Waals surface area contributed by atoms with E-state index in [1.165, 1.54) is 17.0 Å². The number of ether oxygens (including phenoxy) is 1. The fourth-order valence-corrected chi connectivity index (χ4v) is 2.51. The van der Waals surface area contributed by atoms with Gasteiger partial charge in [-0.3, -0.25) is 4.79 Å². The van der Waals surface area contributed by atoms with Crippen molar-refractivity contribution in [3.63, 3.8) is 0 Å². The Balaban J connectivity index is 2.11. The fraction of sp³-hybridized carbons (Fsp3) is 0.176. The lowest BCUT2D eigenvalue weighted by Gasteiger charge is -2.22. The van der Waals surface area contributed by atoms with Crippen molar-refractivity contribution in [2.24, 2.45) is 0 Å². The minimum absolute atomic E-state index is 0.114. The molecule has 0 atom stereocenters. The van der Waals surface area contributed by atoms with Crippen LogP contribution in [0.1, 0.15) is 6.42 Å². The van der Waals surface area contributed by atoms with Crippen LogP contribution in [0.4, 0.5) is 10.1 Å². The monoisotopic (exact) mass is 424 g/mol. The number of hydrogen-bond acceptors (Lipinski definition) is 3. The Morgan fingerprint density at radius 3 is 2.74 bits per heavy atom. The Bertz CT molecular complexity index is 731. The van der Waals surface area contributed by atoms with E-state index in [9.17, 15) is 9.18 Å². The molecule has 0 heterocycles. The van der Waals surface area contributed by atoms with Crippen LogP contribution in [0.5, 0.6) is 5.75 Å². The van der Waals surface area contributed by atoms with E-state index >= 15 is 0 Å². The number of amides is 1. The predicted octanol–water partition coefficient (Wildman–Crippen LogP) is 3.76. The fourth-order valence-electron chi connectivity index (χ4n) is 1.99. The number of halogens is 2. The zero-order valence-electron chi connectivity index (χ0n) is 12.2. The minimum Gasteiger partial charge on any atom is -0.484 e. The first kappa shape index (κ1) is 17.2. The van der Waals surface area contributed by atoms with Crippen LogP contribution in [0.15, 0.2) is 48.5 Å². The summed E-state index contributed by atoms with van der Waals surface area (Å²) >= 11 is 2.15. The standard InChI is InChI=1S/C17H14FIN2O2/c18-15-7-1-2-8-16(15)21(10-4-9-20)17(22)12-23-14-6-3-5-13(19)11-14/h1-3,5-8,11H,4,10,12H2. The highest BCUT2D eigenvalue weighted by molar-refractivity contribution is 14.1. The van der Waals surface area contributed by atoms with Gasteiger partial charge in [0.1, 0.15) is 11.6 Å². The van der Waals surface area contributed by atoms with Gasteiger partial charge in [-0.2, -0.15) is 5.26 Å². The van der Waals surface area contributed by atoms with E-state index in [1.807, 2.05) is 18.2 Å². The maximum Gasteiger partial charge on any atom is 0.265 e. The molecule has 1 amide bonds. The second kappa shape index (κ2) is 8.48. The minimum atomic E-state index is -0.506. The molecule has 0 bridgehead atoms. The van der Waals surface area contributed by atoms with Crippen LogP contribution in [0.2, 0.25) is 0 Å². The molecule has 0 unspecified atom stereocenters. The van der Waals surface area contributed by atoms with E-state index in [0.717, 1.165) is 3.57 Å². The molecule has 0 aliphatic heterocycles. The maximum atomic E-state index is 13.9. The van der Waals surface area contributed by atoms with E-state index in [4.69, 9.17) is 10.00 Å². The summed E-state index contributed by atoms with van der Waals surface area (Å²) < 4.78 is 20.4. The van der Waals surface area contributed by atoms with Gasteiger partial charge in [0.2, 0.25) is 0 Å². The molecule has 0 aliphatic carbocycles. The van der Waals surface area contributed by atoms with Crippen molar-refractivity contribution < 1.29 is 13.9 Å². The first-order chi connectivity index (χ1) is 11.1. The Morgan fingerprint density at radius 2 is 2.04 bits per heavy atom. The topological polar surface area (TPSA) is 53.3 Å². The van der Waals surface area contributed by atoms with E-state index < -0.39 is 11.7 Å². The average Bonchev–Trinajstić information content (AvgIpc) is 2.55. The molecule has 23 heavy (non-hydrogen) atoms. The number of anilines is 1. The largest absolute Gasteiger partial charge is 0.484 e. The summed E-state index contributed by atoms with van der Waals surface area (Å²) in [7, 11) is 0. The van der Waals surface area contributed by atoms with Crippen molar-refractivity contribution in [2.45, 2.75) is 6.42 Å². The zero-order valence-corrected chi connectivity index (χ0v) is 14.4. The van der Waals surface area contributed by atoms with Crippen LogP contribution in [0, 0.1) is 20.7 Å². The summed E-state index contributed by atoms with van der Waals surface area (Å²) in [5.41, 5.74) is 0.152. The number of benzene rings is 2. The normalized spacial score (nSPS) is 9.96. The van der Waals surface area contributed by atoms with Crippen LogP contribution in [-0.2, 0) is 4.79 Å². The van der Waals surface area contributed by atoms with Crippen molar-refractivity contribution >= 4 is 34.2 Å². The highest BCUT2D eigenvalue weighted by atomic mass is 127. The van der Waals surface area contributed by atoms with Gasteiger partial charge >= 0.3 is 0 Å². The summed E-state index contributed by atoms with van der Waals surface area (Å²) in [5.74, 6) is -0.337. The number of carbonyl (C=O) groups excluding carboxylic acids is 1. The SMILES string of the molecule is N#CCCN(C(=O)COc1cccc(I)c1)c1ccccc1F. The van der Waals surface area contributed by atoms with Gasteiger partial charge in [-0.15, -0.1) is 0 Å². The van der Waals surface area contributed by atoms with Gasteiger partial charge < -0.3 is 9.64 Å². The molecule has 0 saturated carbocycles. The third-order valence-electron chi connectivity index (χ3n) is 3.05. The molecular weight excluding hydrogens is 410 g/mol. The van der Waals surface area contributed by atoms with Gasteiger partial charge in [0.15, 0.2) is 6.61 Å². The molecular formula is C17H14FIN2O2. The molecule has 2 aromatic carbocycles. The van der Waals surface area contributed by atoms with Crippen LogP contribution < -0.4 is 9.64 Å². The highest BCUT2D eigenvalue weighted by Crippen LogP contribution is 2.20. The molecule has 4 nitrogen and oxygen atoms in total. The average molecular weight is 424 g/mol. The molecule has 0 fully saturated rings. The summed E-state index contributed by atoms with van der Waals surface area (Å²) in [4.78, 5) is 13.6. The van der Waals surface area contributed by atoms with Crippen molar-refractivity contribution in [3.05, 3.63) is 57.9 Å². The summed E-state index contributed by atoms with van der Waals surface area (Å²) in [5, 5.41) is 8.74. The molecule has 0 N–H and O–H groups in total. The van der Waals surface area contributed by atoms with Crippen molar-refractivity contribution in [1.29, 1.82) is 5.26 Å². The first-order valence-corrected chi connectivity index (χ1v) is 8.00. The van der Waals surface area contributed by atoms with Crippen LogP contribution >= 0.6 is 22.6 Å². The van der Waals surface area contributed by atoms with Gasteiger partial charge in [-0.25, -0.2) is 4.39 Å². The third kappa shape index (κ3) is 4.93. The van der Waals surface area contributed by atoms with Gasteiger partial charge in [-0.1, -0.05) is 18.2 Å². The van der Waals surface area contributed by atoms with Crippen LogP contribution in [0.3, 0.4) is 0 Å². The summed E-state index contributed by atoms with van der Waals surface area (Å²) in [6.07, 6.45) is 0.114. The summed E-state index contributed by atoms with van der Waals surface area (Å²) in [6, 6.07) is 15.2. The van der Waals surface area contributed by atoms with E-state index in [-0.39, 0.29) is 25.3 Å². The quantitative estimate of drug-likeness (QED) is 0.664. The third-order valence-corrected chi connectivity index (χ3v) is 3.72. The lowest BCUT2D eigenvalue weighted by atomic mass is 10.2. The number of nitrogens with zero attached hydrogens (tertiary/aromatic N) is 2. The Kier molecular flexibility index (Phi) is 6.35. The van der Waals surface area contributed by atoms with E-state index in [2.05, 4.69) is 22.6 Å². The molecule has 118 valence electrons. The molecule has 0 aromatic heterocycles. The van der Waals surface area contributed by atoms with E-state index in [1.54, 1.807) is 24.3 Å². The van der Waals surface area contributed by atoms with Crippen molar-refractivity contribution in [3.8, 4) is 11.8 Å². The molecule has 0 saturated heterocycles. The van der Waals surface area contributed by atoms with Gasteiger partial charge in [0.05, 0.1) is 18.2 Å². The second-order valence-corrected chi connectivity index (χ2v) is 5.90. The van der Waals surface area contributed by atoms with Crippen LogP contribution in [-0.4, -0.2) is 19.1 Å². The lowest BCUT2D eigenvalue weighted by Crippen LogP contribution is -2.36. The smallest absolute Gasteiger partial charge is 0.265 e. The van der Waals surface area contributed by atoms with E-state index in [0.29, 0.717) is 5.75 Å². The van der Waals surface area contributed by atoms with Gasteiger partial charge in [0, 0.05) is 10.1 Å². The molecule has 0 aliphatic rings. The molecule has 2 aromatic rings. The Morgan fingerprint density at radius 1 is 1.26 bits per heavy atom. The van der Waals surface area contributed by atoms with Gasteiger partial charge in [-0.05, 0) is 52.9 Å². The molecule has 0 radical (unpaired) electrons. The Hall–Kier alpha value is -2.14. The first-order valence-electron chi connectivity index (χ1n) is 6.92. The molecule has 6 heteroatoms. The van der Waals surface area contributed by atoms with Gasteiger partial charge in [0.25, 0.3) is 5.91 Å². The van der Waals surface area contributed by atoms with Crippen molar-refractivity contribution in [2.75, 3.05) is 18.1 Å². The second-order valence-electron chi connectivity index (χ2n) is 4.65. The lowest BCUT2D eigenvalue weighted by molar-refractivity contribution is -0.120. The highest BCUT2D eigenvalue weighted by Gasteiger charge is 2.19. The number of hydrogen-bond donors (Lipinski definition) is 0. The Labute approximate surface area is 147 Å². The predicted molar refractivity (Wildman–Crippen MR) is 93.6 cm³/mol. The zero-order chi connectivity index (χ0) is 16.7. The van der Waals surface area contributed by atoms with Crippen molar-refractivity contribution in [1.82, 2.24) is 0 Å². The number of nitriles is 1. The number of rotatable bonds is 6. The molecule has 2 rings (SSSR count). The van der Waals surface area contributed by atoms with Crippen LogP contribution in [0.25, 0.3) is 0 Å².